The molecule has 0 spiro atoms. The highest BCUT2D eigenvalue weighted by Crippen LogP contribution is 2.17. The van der Waals surface area contributed by atoms with E-state index in [2.05, 4.69) is 40.2 Å². The van der Waals surface area contributed by atoms with Gasteiger partial charge in [0.15, 0.2) is 0 Å². The summed E-state index contributed by atoms with van der Waals surface area (Å²) in [5.74, 6) is 0.943. The lowest BCUT2D eigenvalue weighted by molar-refractivity contribution is -0.121. The summed E-state index contributed by atoms with van der Waals surface area (Å²) in [6.45, 7) is 1.26. The van der Waals surface area contributed by atoms with Gasteiger partial charge in [0.2, 0.25) is 5.91 Å². The summed E-state index contributed by atoms with van der Waals surface area (Å²) in [4.78, 5) is 17.2. The Kier molecular flexibility index (Phi) is 7.00. The van der Waals surface area contributed by atoms with Crippen LogP contribution in [0.25, 0.3) is 11.0 Å². The number of para-hydroxylation sites is 2. The second-order valence-electron chi connectivity index (χ2n) is 7.66. The Balaban J connectivity index is 1.35. The van der Waals surface area contributed by atoms with E-state index in [1.165, 1.54) is 11.1 Å². The van der Waals surface area contributed by atoms with Gasteiger partial charge in [-0.05, 0) is 54.7 Å². The van der Waals surface area contributed by atoms with E-state index < -0.39 is 0 Å². The number of benzene rings is 3. The van der Waals surface area contributed by atoms with E-state index in [1.54, 1.807) is 0 Å². The first-order chi connectivity index (χ1) is 15.2. The predicted molar refractivity (Wildman–Crippen MR) is 126 cm³/mol. The molecule has 0 fully saturated rings. The van der Waals surface area contributed by atoms with Crippen LogP contribution in [0.15, 0.2) is 78.9 Å². The lowest BCUT2D eigenvalue weighted by Crippen LogP contribution is -2.24. The number of rotatable bonds is 9. The summed E-state index contributed by atoms with van der Waals surface area (Å²) < 4.78 is 2.22. The highest BCUT2D eigenvalue weighted by Gasteiger charge is 2.12. The number of amides is 1. The molecular formula is C26H26ClN3O. The van der Waals surface area contributed by atoms with Gasteiger partial charge < -0.3 is 9.88 Å². The molecule has 0 aliphatic rings. The van der Waals surface area contributed by atoms with Crippen LogP contribution in [0.5, 0.6) is 0 Å². The molecule has 0 aliphatic carbocycles. The van der Waals surface area contributed by atoms with Crippen LogP contribution in [0.4, 0.5) is 0 Å². The van der Waals surface area contributed by atoms with Crippen molar-refractivity contribution in [1.29, 1.82) is 0 Å². The van der Waals surface area contributed by atoms with Crippen LogP contribution in [-0.4, -0.2) is 15.5 Å². The smallest absolute Gasteiger partial charge is 0.220 e. The molecule has 0 atom stereocenters. The number of fused-ring (bicyclic) bond motifs is 1. The first-order valence-corrected chi connectivity index (χ1v) is 11.1. The van der Waals surface area contributed by atoms with E-state index in [0.717, 1.165) is 47.7 Å². The highest BCUT2D eigenvalue weighted by molar-refractivity contribution is 6.30. The molecule has 4 aromatic rings. The zero-order chi connectivity index (χ0) is 21.5. The molecule has 1 N–H and O–H groups in total. The van der Waals surface area contributed by atoms with Gasteiger partial charge in [0.25, 0.3) is 0 Å². The highest BCUT2D eigenvalue weighted by atomic mass is 35.5. The molecule has 0 aliphatic heterocycles. The van der Waals surface area contributed by atoms with E-state index >= 15 is 0 Å². The van der Waals surface area contributed by atoms with Gasteiger partial charge in [-0.25, -0.2) is 4.98 Å². The normalized spacial score (nSPS) is 11.0. The lowest BCUT2D eigenvalue weighted by atomic mass is 10.1. The SMILES string of the molecule is O=C(CCCc1ccc(Cl)cc1)NCc1nc2ccccc2n1CCc1ccccc1. The molecule has 4 rings (SSSR count). The van der Waals surface area contributed by atoms with E-state index in [0.29, 0.717) is 13.0 Å². The zero-order valence-electron chi connectivity index (χ0n) is 17.4. The van der Waals surface area contributed by atoms with Gasteiger partial charge in [0.05, 0.1) is 17.6 Å². The molecule has 0 saturated carbocycles. The van der Waals surface area contributed by atoms with Gasteiger partial charge in [-0.15, -0.1) is 0 Å². The zero-order valence-corrected chi connectivity index (χ0v) is 18.2. The Hall–Kier alpha value is -3.11. The average molecular weight is 432 g/mol. The van der Waals surface area contributed by atoms with Gasteiger partial charge >= 0.3 is 0 Å². The van der Waals surface area contributed by atoms with E-state index in [-0.39, 0.29) is 5.91 Å². The number of nitrogens with one attached hydrogen (secondary N) is 1. The Bertz CT molecular complexity index is 1140. The third-order valence-corrected chi connectivity index (χ3v) is 5.68. The molecule has 0 saturated heterocycles. The largest absolute Gasteiger partial charge is 0.349 e. The second kappa shape index (κ2) is 10.3. The number of carbonyl (C=O) groups excluding carboxylic acids is 1. The minimum atomic E-state index is 0.0515. The van der Waals surface area contributed by atoms with E-state index in [1.807, 2.05) is 48.5 Å². The fourth-order valence-electron chi connectivity index (χ4n) is 3.77. The fourth-order valence-corrected chi connectivity index (χ4v) is 3.89. The summed E-state index contributed by atoms with van der Waals surface area (Å²) in [7, 11) is 0. The number of hydrogen-bond donors (Lipinski definition) is 1. The number of aryl methyl sites for hydroxylation is 3. The van der Waals surface area contributed by atoms with Crippen molar-refractivity contribution >= 4 is 28.5 Å². The van der Waals surface area contributed by atoms with Crippen molar-refractivity contribution in [2.24, 2.45) is 0 Å². The number of imidazole rings is 1. The van der Waals surface area contributed by atoms with Crippen molar-refractivity contribution in [3.8, 4) is 0 Å². The fraction of sp³-hybridized carbons (Fsp3) is 0.231. The summed E-state index contributed by atoms with van der Waals surface area (Å²) >= 11 is 5.92. The lowest BCUT2D eigenvalue weighted by Gasteiger charge is -2.11. The summed E-state index contributed by atoms with van der Waals surface area (Å²) in [6, 6.07) is 26.4. The number of nitrogens with zero attached hydrogens (tertiary/aromatic N) is 2. The van der Waals surface area contributed by atoms with Gasteiger partial charge in [0.1, 0.15) is 5.82 Å². The Labute approximate surface area is 187 Å². The van der Waals surface area contributed by atoms with Gasteiger partial charge in [-0.2, -0.15) is 0 Å². The van der Waals surface area contributed by atoms with E-state index in [4.69, 9.17) is 16.6 Å². The molecule has 1 heterocycles. The third-order valence-electron chi connectivity index (χ3n) is 5.43. The first kappa shape index (κ1) is 21.1. The van der Waals surface area contributed by atoms with Crippen molar-refractivity contribution in [3.05, 3.63) is 101 Å². The molecular weight excluding hydrogens is 406 g/mol. The van der Waals surface area contributed by atoms with Crippen molar-refractivity contribution in [3.63, 3.8) is 0 Å². The molecule has 31 heavy (non-hydrogen) atoms. The molecule has 1 amide bonds. The van der Waals surface area contributed by atoms with Crippen LogP contribution in [0.3, 0.4) is 0 Å². The van der Waals surface area contributed by atoms with Crippen molar-refractivity contribution in [2.45, 2.75) is 38.8 Å². The molecule has 4 nitrogen and oxygen atoms in total. The van der Waals surface area contributed by atoms with Crippen LogP contribution >= 0.6 is 11.6 Å². The molecule has 0 bridgehead atoms. The topological polar surface area (TPSA) is 46.9 Å². The van der Waals surface area contributed by atoms with E-state index in [9.17, 15) is 4.79 Å². The van der Waals surface area contributed by atoms with Gasteiger partial charge in [-0.1, -0.05) is 66.2 Å². The molecule has 3 aromatic carbocycles. The van der Waals surface area contributed by atoms with Crippen LogP contribution < -0.4 is 5.32 Å². The number of carbonyl (C=O) groups is 1. The molecule has 158 valence electrons. The van der Waals surface area contributed by atoms with Crippen LogP contribution in [-0.2, 0) is 30.7 Å². The summed E-state index contributed by atoms with van der Waals surface area (Å²) in [5, 5.41) is 3.78. The maximum absolute atomic E-state index is 12.4. The minimum absolute atomic E-state index is 0.0515. The Morgan fingerprint density at radius 2 is 1.58 bits per heavy atom. The predicted octanol–water partition coefficient (Wildman–Crippen LogP) is 5.57. The van der Waals surface area contributed by atoms with Gasteiger partial charge in [0, 0.05) is 18.0 Å². The molecule has 0 unspecified atom stereocenters. The molecule has 0 radical (unpaired) electrons. The molecule has 5 heteroatoms. The maximum Gasteiger partial charge on any atom is 0.220 e. The quantitative estimate of drug-likeness (QED) is 0.376. The van der Waals surface area contributed by atoms with Crippen LogP contribution in [0.2, 0.25) is 5.02 Å². The maximum atomic E-state index is 12.4. The summed E-state index contributed by atoms with van der Waals surface area (Å²) in [6.07, 6.45) is 3.08. The van der Waals surface area contributed by atoms with Crippen molar-refractivity contribution in [1.82, 2.24) is 14.9 Å². The van der Waals surface area contributed by atoms with Crippen LogP contribution in [0.1, 0.15) is 29.8 Å². The van der Waals surface area contributed by atoms with Gasteiger partial charge in [-0.3, -0.25) is 4.79 Å². The number of aromatic nitrogens is 2. The van der Waals surface area contributed by atoms with Crippen LogP contribution in [0, 0.1) is 0 Å². The summed E-state index contributed by atoms with van der Waals surface area (Å²) in [5.41, 5.74) is 4.55. The minimum Gasteiger partial charge on any atom is -0.349 e. The van der Waals surface area contributed by atoms with Crippen molar-refractivity contribution in [2.75, 3.05) is 0 Å². The Morgan fingerprint density at radius 3 is 2.39 bits per heavy atom. The standard InChI is InChI=1S/C26H26ClN3O/c27-22-15-13-21(14-16-22)9-6-12-26(31)28-19-25-29-23-10-4-5-11-24(23)30(25)18-17-20-7-2-1-3-8-20/h1-5,7-8,10-11,13-16H,6,9,12,17-19H2,(H,28,31). The number of hydrogen-bond acceptors (Lipinski definition) is 2. The Morgan fingerprint density at radius 1 is 0.871 bits per heavy atom. The second-order valence-corrected chi connectivity index (χ2v) is 8.10. The molecule has 1 aromatic heterocycles. The number of halogens is 1. The third kappa shape index (κ3) is 5.74. The van der Waals surface area contributed by atoms with Crippen molar-refractivity contribution < 1.29 is 4.79 Å². The average Bonchev–Trinajstić information content (AvgIpc) is 3.16. The first-order valence-electron chi connectivity index (χ1n) is 10.7. The monoisotopic (exact) mass is 431 g/mol.